The molecule has 0 spiro atoms. The lowest BCUT2D eigenvalue weighted by Crippen LogP contribution is -2.43. The van der Waals surface area contributed by atoms with E-state index in [0.717, 1.165) is 54.6 Å². The lowest BCUT2D eigenvalue weighted by Gasteiger charge is -2.38. The normalized spacial score (nSPS) is 34.2. The van der Waals surface area contributed by atoms with Gasteiger partial charge in [0.15, 0.2) is 0 Å². The van der Waals surface area contributed by atoms with Crippen molar-refractivity contribution in [3.8, 4) is 0 Å². The maximum atomic E-state index is 13.5. The molecular formula is C35H42N2O4. The summed E-state index contributed by atoms with van der Waals surface area (Å²) in [6, 6.07) is 15.8. The molecular weight excluding hydrogens is 512 g/mol. The number of anilines is 2. The molecule has 2 N–H and O–H groups in total. The second-order valence-electron chi connectivity index (χ2n) is 14.8. The molecule has 4 fully saturated rings. The molecule has 0 heterocycles. The lowest BCUT2D eigenvalue weighted by molar-refractivity contribution is -0.131. The number of hydrogen-bond acceptors (Lipinski definition) is 4. The van der Waals surface area contributed by atoms with Gasteiger partial charge in [-0.1, -0.05) is 65.8 Å². The summed E-state index contributed by atoms with van der Waals surface area (Å²) in [5, 5.41) is 6.21. The monoisotopic (exact) mass is 554 g/mol. The molecule has 6 rings (SSSR count). The van der Waals surface area contributed by atoms with E-state index in [4.69, 9.17) is 0 Å². The standard InChI is InChI=1S/C35H42N2O4/c1-30(2)32(5)15-17-34(30,20-26(32)38)28(40)36-24-11-7-22(8-12-24)19-23-9-13-25(14-10-23)37-29(41)35-18-16-33(6,27(39)21-35)31(35,3)4/h7-14H,15-21H2,1-6H3,(H,36,40)(H,37,41)/t32-,33-,34+,35+/m1/s1. The minimum atomic E-state index is -0.644. The second kappa shape index (κ2) is 8.62. The molecule has 216 valence electrons. The van der Waals surface area contributed by atoms with Crippen molar-refractivity contribution >= 4 is 34.8 Å². The van der Waals surface area contributed by atoms with Gasteiger partial charge in [-0.3, -0.25) is 19.2 Å². The fourth-order valence-electron chi connectivity index (χ4n) is 8.87. The number of ketones is 2. The Hall–Kier alpha value is -3.28. The lowest BCUT2D eigenvalue weighted by atomic mass is 9.64. The van der Waals surface area contributed by atoms with Gasteiger partial charge < -0.3 is 10.6 Å². The van der Waals surface area contributed by atoms with E-state index in [1.54, 1.807) is 0 Å². The van der Waals surface area contributed by atoms with Gasteiger partial charge in [-0.2, -0.15) is 0 Å². The van der Waals surface area contributed by atoms with E-state index >= 15 is 0 Å². The van der Waals surface area contributed by atoms with Crippen LogP contribution in [0.15, 0.2) is 48.5 Å². The van der Waals surface area contributed by atoms with Gasteiger partial charge in [-0.05, 0) is 78.3 Å². The molecule has 0 aromatic heterocycles. The van der Waals surface area contributed by atoms with Crippen LogP contribution in [0.1, 0.15) is 91.2 Å². The molecule has 0 radical (unpaired) electrons. The van der Waals surface area contributed by atoms with Crippen LogP contribution in [0, 0.1) is 32.5 Å². The van der Waals surface area contributed by atoms with E-state index in [0.29, 0.717) is 12.8 Å². The van der Waals surface area contributed by atoms with E-state index in [2.05, 4.69) is 38.3 Å². The molecule has 2 aromatic rings. The zero-order chi connectivity index (χ0) is 29.6. The van der Waals surface area contributed by atoms with Crippen LogP contribution in [0.3, 0.4) is 0 Å². The van der Waals surface area contributed by atoms with Crippen LogP contribution >= 0.6 is 0 Å². The number of fused-ring (bicyclic) bond motifs is 4. The van der Waals surface area contributed by atoms with Crippen molar-refractivity contribution in [3.63, 3.8) is 0 Å². The maximum absolute atomic E-state index is 13.5. The van der Waals surface area contributed by atoms with Crippen LogP contribution in [0.4, 0.5) is 11.4 Å². The molecule has 0 saturated heterocycles. The van der Waals surface area contributed by atoms with E-state index in [9.17, 15) is 19.2 Å². The molecule has 4 saturated carbocycles. The van der Waals surface area contributed by atoms with Crippen molar-refractivity contribution in [3.05, 3.63) is 59.7 Å². The van der Waals surface area contributed by atoms with Gasteiger partial charge >= 0.3 is 0 Å². The molecule has 2 aromatic carbocycles. The number of amides is 2. The average Bonchev–Trinajstić information content (AvgIpc) is 3.39. The van der Waals surface area contributed by atoms with Crippen LogP contribution in [0.5, 0.6) is 0 Å². The number of hydrogen-bond donors (Lipinski definition) is 2. The van der Waals surface area contributed by atoms with Gasteiger partial charge in [0.25, 0.3) is 0 Å². The van der Waals surface area contributed by atoms with Crippen LogP contribution in [-0.2, 0) is 25.6 Å². The summed E-state index contributed by atoms with van der Waals surface area (Å²) in [6.07, 6.45) is 4.41. The number of Topliss-reactive ketones (excluding diaryl/α,β-unsaturated/α-hetero) is 2. The molecule has 4 aliphatic rings. The first-order chi connectivity index (χ1) is 19.1. The highest BCUT2D eigenvalue weighted by atomic mass is 16.2. The van der Waals surface area contributed by atoms with Crippen molar-refractivity contribution in [1.82, 2.24) is 0 Å². The maximum Gasteiger partial charge on any atom is 0.231 e. The fraction of sp³-hybridized carbons (Fsp3) is 0.543. The summed E-state index contributed by atoms with van der Waals surface area (Å²) < 4.78 is 0. The average molecular weight is 555 g/mol. The molecule has 0 unspecified atom stereocenters. The first kappa shape index (κ1) is 27.9. The molecule has 4 bridgehead atoms. The highest BCUT2D eigenvalue weighted by Gasteiger charge is 2.73. The first-order valence-electron chi connectivity index (χ1n) is 15.0. The van der Waals surface area contributed by atoms with E-state index in [1.807, 2.05) is 62.4 Å². The Morgan fingerprint density at radius 3 is 1.20 bits per heavy atom. The molecule has 2 amide bonds. The van der Waals surface area contributed by atoms with E-state index in [-0.39, 0.29) is 34.2 Å². The molecule has 4 aliphatic carbocycles. The minimum Gasteiger partial charge on any atom is -0.326 e. The van der Waals surface area contributed by atoms with Crippen LogP contribution in [0.2, 0.25) is 0 Å². The zero-order valence-electron chi connectivity index (χ0n) is 25.2. The topological polar surface area (TPSA) is 92.3 Å². The Morgan fingerprint density at radius 2 is 0.927 bits per heavy atom. The summed E-state index contributed by atoms with van der Waals surface area (Å²) in [5.74, 6) is 0.330. The Bertz CT molecular complexity index is 1360. The predicted octanol–water partition coefficient (Wildman–Crippen LogP) is 6.73. The number of rotatable bonds is 6. The SMILES string of the molecule is CC1(C)[C@@]2(C(=O)Nc3ccc(Cc4ccc(NC(=O)[C@]56CC[C@](C)(C(=O)C5)C6(C)C)cc4)cc3)CC[C@]1(C)C(=O)C2. The Morgan fingerprint density at radius 1 is 0.585 bits per heavy atom. The molecule has 41 heavy (non-hydrogen) atoms. The third-order valence-electron chi connectivity index (χ3n) is 13.1. The van der Waals surface area contributed by atoms with Crippen molar-refractivity contribution in [2.75, 3.05) is 10.6 Å². The first-order valence-corrected chi connectivity index (χ1v) is 15.0. The number of carbonyl (C=O) groups is 4. The van der Waals surface area contributed by atoms with Crippen LogP contribution < -0.4 is 10.6 Å². The summed E-state index contributed by atoms with van der Waals surface area (Å²) in [7, 11) is 0. The Kier molecular flexibility index (Phi) is 5.86. The third kappa shape index (κ3) is 3.48. The van der Waals surface area contributed by atoms with E-state index < -0.39 is 21.7 Å². The summed E-state index contributed by atoms with van der Waals surface area (Å²) in [6.45, 7) is 12.3. The van der Waals surface area contributed by atoms with E-state index in [1.165, 1.54) is 0 Å². The molecule has 6 nitrogen and oxygen atoms in total. The zero-order valence-corrected chi connectivity index (χ0v) is 25.2. The van der Waals surface area contributed by atoms with Crippen LogP contribution in [-0.4, -0.2) is 23.4 Å². The van der Waals surface area contributed by atoms with Gasteiger partial charge in [0.1, 0.15) is 11.6 Å². The summed E-state index contributed by atoms with van der Waals surface area (Å²) in [5.41, 5.74) is 0.840. The highest BCUT2D eigenvalue weighted by Crippen LogP contribution is 2.71. The van der Waals surface area contributed by atoms with Crippen molar-refractivity contribution < 1.29 is 19.2 Å². The quantitative estimate of drug-likeness (QED) is 0.414. The molecule has 6 heteroatoms. The van der Waals surface area contributed by atoms with Gasteiger partial charge in [-0.25, -0.2) is 0 Å². The largest absolute Gasteiger partial charge is 0.326 e. The second-order valence-corrected chi connectivity index (χ2v) is 14.8. The number of benzene rings is 2. The van der Waals surface area contributed by atoms with Crippen molar-refractivity contribution in [1.29, 1.82) is 0 Å². The Labute approximate surface area is 243 Å². The molecule has 4 atom stereocenters. The third-order valence-corrected chi connectivity index (χ3v) is 13.1. The van der Waals surface area contributed by atoms with Crippen molar-refractivity contribution in [2.24, 2.45) is 32.5 Å². The van der Waals surface area contributed by atoms with Gasteiger partial charge in [-0.15, -0.1) is 0 Å². The number of carbonyl (C=O) groups excluding carboxylic acids is 4. The van der Waals surface area contributed by atoms with Gasteiger partial charge in [0.05, 0.1) is 10.8 Å². The van der Waals surface area contributed by atoms with Crippen LogP contribution in [0.25, 0.3) is 0 Å². The Balaban J connectivity index is 1.08. The summed E-state index contributed by atoms with van der Waals surface area (Å²) in [4.78, 5) is 52.4. The van der Waals surface area contributed by atoms with Gasteiger partial charge in [0.2, 0.25) is 11.8 Å². The summed E-state index contributed by atoms with van der Waals surface area (Å²) >= 11 is 0. The van der Waals surface area contributed by atoms with Gasteiger partial charge in [0, 0.05) is 35.0 Å². The molecule has 0 aliphatic heterocycles. The fourth-order valence-corrected chi connectivity index (χ4v) is 8.87. The van der Waals surface area contributed by atoms with Crippen molar-refractivity contribution in [2.45, 2.75) is 86.5 Å². The number of nitrogens with one attached hydrogen (secondary N) is 2. The smallest absolute Gasteiger partial charge is 0.231 e. The minimum absolute atomic E-state index is 0.0467. The predicted molar refractivity (Wildman–Crippen MR) is 159 cm³/mol. The highest BCUT2D eigenvalue weighted by molar-refractivity contribution is 6.05.